The third-order valence-corrected chi connectivity index (χ3v) is 12.3. The highest BCUT2D eigenvalue weighted by Gasteiger charge is 2.41. The molecule has 4 aliphatic heterocycles. The molecule has 0 fully saturated rings. The molecule has 0 spiro atoms. The van der Waals surface area contributed by atoms with Crippen LogP contribution in [0.5, 0.6) is 46.0 Å². The van der Waals surface area contributed by atoms with Gasteiger partial charge in [-0.3, -0.25) is 14.5 Å². The molecule has 11 heteroatoms. The highest BCUT2D eigenvalue weighted by molar-refractivity contribution is 5.74. The Morgan fingerprint density at radius 1 is 0.793 bits per heavy atom. The summed E-state index contributed by atoms with van der Waals surface area (Å²) in [6.07, 6.45) is 8.00. The number of benzene rings is 4. The van der Waals surface area contributed by atoms with E-state index in [1.165, 1.54) is 23.6 Å². The Bertz CT molecular complexity index is 2130. The molecule has 4 aromatic rings. The Balaban J connectivity index is 1.38. The molecular formula is C47H57N2O9+. The van der Waals surface area contributed by atoms with E-state index in [2.05, 4.69) is 49.3 Å². The fourth-order valence-electron chi connectivity index (χ4n) is 9.11. The lowest BCUT2D eigenvalue weighted by molar-refractivity contribution is -0.941. The van der Waals surface area contributed by atoms with Crippen LogP contribution in [0.15, 0.2) is 60.7 Å². The molecule has 0 aromatic heterocycles. The fraction of sp³-hybridized carbons (Fsp3) is 0.447. The molecule has 0 aliphatic carbocycles. The second-order valence-corrected chi connectivity index (χ2v) is 16.2. The topological polar surface area (TPSA) is 113 Å². The molecule has 0 amide bonds. The number of hydrogen-bond acceptors (Lipinski definition) is 9. The standard InChI is InChI=1S/C47H56N2O9/c1-30(50)56-46-43(55-6)28-34-19-21-48(2)37-24-32-15-18-39(53-4)41(26-32)57-35-16-13-31(14-17-35)25-38-36-29-42(58-47(46)45(34)37)40(54-5)27-33(36)20-23-49(38,3)22-11-9-7-8-10-12-44(51)52/h13-18,26-29,37-38H,7-12,19-25H2,1-6H3/p+1. The van der Waals surface area contributed by atoms with E-state index in [1.807, 2.05) is 30.3 Å². The lowest BCUT2D eigenvalue weighted by Gasteiger charge is -2.46. The van der Waals surface area contributed by atoms with Crippen LogP contribution in [0.25, 0.3) is 0 Å². The van der Waals surface area contributed by atoms with Gasteiger partial charge in [-0.25, -0.2) is 0 Å². The monoisotopic (exact) mass is 793 g/mol. The van der Waals surface area contributed by atoms with Crippen molar-refractivity contribution in [2.24, 2.45) is 0 Å². The number of unbranched alkanes of at least 4 members (excludes halogenated alkanes) is 4. The minimum Gasteiger partial charge on any atom is -0.493 e. The molecule has 0 radical (unpaired) electrons. The maximum atomic E-state index is 12.8. The van der Waals surface area contributed by atoms with Crippen LogP contribution in [0.4, 0.5) is 0 Å². The molecule has 58 heavy (non-hydrogen) atoms. The first kappa shape index (κ1) is 40.9. The first-order valence-corrected chi connectivity index (χ1v) is 20.5. The zero-order valence-electron chi connectivity index (χ0n) is 34.7. The molecular weight excluding hydrogens is 737 g/mol. The maximum absolute atomic E-state index is 12.8. The van der Waals surface area contributed by atoms with Gasteiger partial charge in [0.2, 0.25) is 5.75 Å². The van der Waals surface area contributed by atoms with Crippen molar-refractivity contribution in [2.45, 2.75) is 83.2 Å². The molecule has 4 heterocycles. The van der Waals surface area contributed by atoms with E-state index >= 15 is 0 Å². The van der Waals surface area contributed by atoms with Gasteiger partial charge in [0.1, 0.15) is 11.8 Å². The van der Waals surface area contributed by atoms with Gasteiger partial charge >= 0.3 is 11.9 Å². The van der Waals surface area contributed by atoms with Crippen LogP contribution >= 0.6 is 0 Å². The molecule has 1 N–H and O–H groups in total. The van der Waals surface area contributed by atoms with E-state index < -0.39 is 11.9 Å². The lowest BCUT2D eigenvalue weighted by atomic mass is 9.85. The highest BCUT2D eigenvalue weighted by atomic mass is 16.6. The van der Waals surface area contributed by atoms with Gasteiger partial charge in [-0.2, -0.15) is 0 Å². The van der Waals surface area contributed by atoms with Crippen molar-refractivity contribution < 1.29 is 47.6 Å². The number of carbonyl (C=O) groups excluding carboxylic acids is 1. The number of rotatable bonds is 12. The fourth-order valence-corrected chi connectivity index (χ4v) is 9.11. The molecule has 308 valence electrons. The Morgan fingerprint density at radius 2 is 1.48 bits per heavy atom. The molecule has 3 unspecified atom stereocenters. The summed E-state index contributed by atoms with van der Waals surface area (Å²) in [5.74, 6) is 3.05. The average Bonchev–Trinajstić information content (AvgIpc) is 3.20. The number of carboxylic acids is 1. The minimum atomic E-state index is -0.731. The highest BCUT2D eigenvalue weighted by Crippen LogP contribution is 2.52. The molecule has 8 rings (SSSR count). The van der Waals surface area contributed by atoms with Crippen molar-refractivity contribution in [1.82, 2.24) is 4.90 Å². The summed E-state index contributed by atoms with van der Waals surface area (Å²) in [5.41, 5.74) is 6.65. The second kappa shape index (κ2) is 17.7. The van der Waals surface area contributed by atoms with Gasteiger partial charge in [-0.05, 0) is 104 Å². The van der Waals surface area contributed by atoms with Crippen molar-refractivity contribution in [3.8, 4) is 46.0 Å². The second-order valence-electron chi connectivity index (χ2n) is 16.2. The van der Waals surface area contributed by atoms with Crippen LogP contribution in [-0.4, -0.2) is 81.5 Å². The number of nitrogens with zero attached hydrogens (tertiary/aromatic N) is 2. The third kappa shape index (κ3) is 8.76. The number of aliphatic carboxylic acids is 1. The predicted molar refractivity (Wildman–Crippen MR) is 221 cm³/mol. The summed E-state index contributed by atoms with van der Waals surface area (Å²) in [4.78, 5) is 26.1. The van der Waals surface area contributed by atoms with Crippen LogP contribution in [0.2, 0.25) is 0 Å². The van der Waals surface area contributed by atoms with E-state index in [4.69, 9.17) is 33.5 Å². The summed E-state index contributed by atoms with van der Waals surface area (Å²) in [5, 5.41) is 9.08. The number of carboxylic acid groups (broad SMARTS) is 1. The summed E-state index contributed by atoms with van der Waals surface area (Å²) in [6, 6.07) is 20.6. The van der Waals surface area contributed by atoms with Gasteiger partial charge in [0.05, 0.1) is 41.5 Å². The summed E-state index contributed by atoms with van der Waals surface area (Å²) >= 11 is 0. The lowest BCUT2D eigenvalue weighted by Crippen LogP contribution is -2.52. The van der Waals surface area contributed by atoms with Gasteiger partial charge < -0.3 is 38.0 Å². The van der Waals surface area contributed by atoms with Gasteiger partial charge in [0, 0.05) is 49.9 Å². The van der Waals surface area contributed by atoms with E-state index in [9.17, 15) is 9.59 Å². The number of methoxy groups -OCH3 is 3. The quantitative estimate of drug-likeness (QED) is 0.0646. The average molecular weight is 794 g/mol. The molecule has 4 aliphatic rings. The van der Waals surface area contributed by atoms with E-state index in [0.717, 1.165) is 91.5 Å². The van der Waals surface area contributed by atoms with Gasteiger partial charge in [-0.15, -0.1) is 0 Å². The molecule has 4 aromatic carbocycles. The van der Waals surface area contributed by atoms with Gasteiger partial charge in [0.25, 0.3) is 0 Å². The van der Waals surface area contributed by atoms with Crippen molar-refractivity contribution in [2.75, 3.05) is 55.1 Å². The van der Waals surface area contributed by atoms with Crippen LogP contribution in [-0.2, 0) is 35.3 Å². The smallest absolute Gasteiger partial charge is 0.308 e. The summed E-state index contributed by atoms with van der Waals surface area (Å²) in [7, 11) is 9.38. The number of carbonyl (C=O) groups is 2. The largest absolute Gasteiger partial charge is 0.493 e. The third-order valence-electron chi connectivity index (χ3n) is 12.3. The normalized spacial score (nSPS) is 19.8. The zero-order valence-corrected chi connectivity index (χ0v) is 34.7. The predicted octanol–water partition coefficient (Wildman–Crippen LogP) is 9.02. The van der Waals surface area contributed by atoms with Crippen molar-refractivity contribution in [3.63, 3.8) is 0 Å². The molecule has 3 atom stereocenters. The molecule has 0 saturated heterocycles. The molecule has 6 bridgehead atoms. The van der Waals surface area contributed by atoms with E-state index in [-0.39, 0.29) is 24.3 Å². The number of hydrogen-bond donors (Lipinski definition) is 1. The number of ether oxygens (including phenoxy) is 6. The SMILES string of the molecule is COc1ccc2cc1Oc1ccc(cc1)CC1c3cc(c(OC)cc3CC[N+]1(C)CCCCCCCC(=O)O)Oc1c(OC(C)=O)c(OC)cc3c1C(C2)N(C)CC3. The van der Waals surface area contributed by atoms with Gasteiger partial charge in [0.15, 0.2) is 34.5 Å². The van der Waals surface area contributed by atoms with E-state index in [0.29, 0.717) is 47.3 Å². The molecule has 11 nitrogen and oxygen atoms in total. The number of likely N-dealkylation sites (N-methyl/N-ethyl adjacent to an activating group) is 2. The first-order chi connectivity index (χ1) is 28.0. The van der Waals surface area contributed by atoms with Crippen molar-refractivity contribution in [3.05, 3.63) is 94.0 Å². The Kier molecular flexibility index (Phi) is 12.5. The van der Waals surface area contributed by atoms with E-state index in [1.54, 1.807) is 21.3 Å². The van der Waals surface area contributed by atoms with Crippen LogP contribution in [0, 0.1) is 0 Å². The summed E-state index contributed by atoms with van der Waals surface area (Å²) < 4.78 is 38.3. The van der Waals surface area contributed by atoms with Crippen molar-refractivity contribution >= 4 is 11.9 Å². The number of esters is 1. The summed E-state index contributed by atoms with van der Waals surface area (Å²) in [6.45, 7) is 4.14. The van der Waals surface area contributed by atoms with Crippen LogP contribution in [0.3, 0.4) is 0 Å². The first-order valence-electron chi connectivity index (χ1n) is 20.5. The minimum absolute atomic E-state index is 0.0949. The van der Waals surface area contributed by atoms with Crippen molar-refractivity contribution in [1.29, 1.82) is 0 Å². The molecule has 0 saturated carbocycles. The Labute approximate surface area is 342 Å². The van der Waals surface area contributed by atoms with Gasteiger partial charge in [-0.1, -0.05) is 31.0 Å². The van der Waals surface area contributed by atoms with Crippen LogP contribution < -0.4 is 28.4 Å². The zero-order chi connectivity index (χ0) is 41.0. The van der Waals surface area contributed by atoms with Crippen LogP contribution in [0.1, 0.15) is 90.9 Å². The maximum Gasteiger partial charge on any atom is 0.308 e. The Hall–Kier alpha value is -5.26. The number of quaternary nitrogens is 1. The Morgan fingerprint density at radius 3 is 2.21 bits per heavy atom. The number of fused-ring (bicyclic) bond motifs is 2.